The van der Waals surface area contributed by atoms with Gasteiger partial charge in [0.25, 0.3) is 0 Å². The van der Waals surface area contributed by atoms with E-state index in [1.807, 2.05) is 24.3 Å². The van der Waals surface area contributed by atoms with E-state index in [2.05, 4.69) is 17.0 Å². The zero-order valence-corrected chi connectivity index (χ0v) is 14.4. The Morgan fingerprint density at radius 1 is 0.917 bits per heavy atom. The number of nitrogens with zero attached hydrogens (tertiary/aromatic N) is 1. The summed E-state index contributed by atoms with van der Waals surface area (Å²) < 4.78 is 29.3. The number of nitrogens with one attached hydrogen (secondary N) is 1. The van der Waals surface area contributed by atoms with E-state index in [9.17, 15) is 8.42 Å². The van der Waals surface area contributed by atoms with Crippen LogP contribution in [0.1, 0.15) is 0 Å². The first-order valence-electron chi connectivity index (χ1n) is 8.23. The predicted octanol–water partition coefficient (Wildman–Crippen LogP) is 0.800. The zero-order valence-electron chi connectivity index (χ0n) is 13.6. The van der Waals surface area contributed by atoms with E-state index in [1.165, 1.54) is 10.6 Å². The molecule has 1 N–H and O–H groups in total. The summed E-state index contributed by atoms with van der Waals surface area (Å²) in [6.45, 7) is 4.35. The molecule has 24 heavy (non-hydrogen) atoms. The summed E-state index contributed by atoms with van der Waals surface area (Å²) in [6.07, 6.45) is 0. The molecule has 0 aromatic heterocycles. The van der Waals surface area contributed by atoms with Gasteiger partial charge in [-0.3, -0.25) is 0 Å². The van der Waals surface area contributed by atoms with Crippen molar-refractivity contribution >= 4 is 15.8 Å². The van der Waals surface area contributed by atoms with Crippen molar-refractivity contribution in [3.63, 3.8) is 0 Å². The molecule has 0 unspecified atom stereocenters. The third-order valence-corrected chi connectivity index (χ3v) is 5.41. The molecule has 0 bridgehead atoms. The second-order valence-electron chi connectivity index (χ2n) is 5.98. The van der Waals surface area contributed by atoms with Crippen LogP contribution in [0.5, 0.6) is 5.75 Å². The Kier molecular flexibility index (Phi) is 5.37. The van der Waals surface area contributed by atoms with Crippen molar-refractivity contribution in [1.29, 1.82) is 0 Å². The lowest BCUT2D eigenvalue weighted by atomic mass is 10.2. The van der Waals surface area contributed by atoms with Crippen LogP contribution in [-0.4, -0.2) is 46.9 Å². The van der Waals surface area contributed by atoms with Crippen molar-refractivity contribution in [1.82, 2.24) is 0 Å². The Morgan fingerprint density at radius 3 is 2.12 bits per heavy atom. The van der Waals surface area contributed by atoms with Crippen LogP contribution in [0.25, 0.3) is 0 Å². The highest BCUT2D eigenvalue weighted by Crippen LogP contribution is 2.13. The predicted molar refractivity (Wildman–Crippen MR) is 95.1 cm³/mol. The molecule has 1 aliphatic heterocycles. The fraction of sp³-hybridized carbons (Fsp3) is 0.333. The fourth-order valence-corrected chi connectivity index (χ4v) is 3.93. The maximum Gasteiger partial charge on any atom is 0.314 e. The molecule has 0 aliphatic carbocycles. The normalized spacial score (nSPS) is 16.1. The number of rotatable bonds is 6. The first-order valence-corrected chi connectivity index (χ1v) is 9.81. The smallest absolute Gasteiger partial charge is 0.314 e. The highest BCUT2D eigenvalue weighted by atomic mass is 32.2. The average molecular weight is 347 g/mol. The lowest BCUT2D eigenvalue weighted by Crippen LogP contribution is -3.15. The molecule has 1 fully saturated rings. The Bertz CT molecular complexity index is 727. The minimum atomic E-state index is -3.53. The van der Waals surface area contributed by atoms with Gasteiger partial charge < -0.3 is 14.0 Å². The fourth-order valence-electron chi connectivity index (χ4n) is 2.90. The van der Waals surface area contributed by atoms with Crippen LogP contribution in [-0.2, 0) is 10.1 Å². The molecule has 128 valence electrons. The van der Waals surface area contributed by atoms with Crippen LogP contribution in [0.15, 0.2) is 60.7 Å². The van der Waals surface area contributed by atoms with Crippen LogP contribution in [0.4, 0.5) is 5.69 Å². The van der Waals surface area contributed by atoms with Gasteiger partial charge in [0.1, 0.15) is 11.5 Å². The SMILES string of the molecule is O=S(=O)(CC[NH+]1CCN(c2ccccc2)CC1)Oc1ccccc1. The number of anilines is 1. The molecule has 6 heteroatoms. The number of para-hydroxylation sites is 2. The summed E-state index contributed by atoms with van der Waals surface area (Å²) in [5, 5.41) is 0. The van der Waals surface area contributed by atoms with Gasteiger partial charge in [-0.05, 0) is 24.3 Å². The van der Waals surface area contributed by atoms with Crippen molar-refractivity contribution in [2.75, 3.05) is 43.4 Å². The van der Waals surface area contributed by atoms with Gasteiger partial charge >= 0.3 is 10.1 Å². The summed E-state index contributed by atoms with van der Waals surface area (Å²) in [7, 11) is -3.53. The molecule has 0 saturated carbocycles. The average Bonchev–Trinajstić information content (AvgIpc) is 2.62. The van der Waals surface area contributed by atoms with Gasteiger partial charge in [-0.2, -0.15) is 8.42 Å². The van der Waals surface area contributed by atoms with E-state index in [0.717, 1.165) is 26.2 Å². The van der Waals surface area contributed by atoms with Gasteiger partial charge in [0.15, 0.2) is 0 Å². The molecule has 0 radical (unpaired) electrons. The Hall–Kier alpha value is -2.05. The lowest BCUT2D eigenvalue weighted by molar-refractivity contribution is -0.898. The Balaban J connectivity index is 1.46. The maximum absolute atomic E-state index is 12.1. The number of benzene rings is 2. The van der Waals surface area contributed by atoms with Gasteiger partial charge in [-0.25, -0.2) is 0 Å². The number of piperazine rings is 1. The third-order valence-electron chi connectivity index (χ3n) is 4.26. The van der Waals surface area contributed by atoms with Gasteiger partial charge in [0.05, 0.1) is 32.7 Å². The zero-order chi connectivity index (χ0) is 16.8. The summed E-state index contributed by atoms with van der Waals surface area (Å²) in [4.78, 5) is 3.65. The minimum absolute atomic E-state index is 0.0442. The summed E-state index contributed by atoms with van der Waals surface area (Å²) in [5.74, 6) is 0.421. The molecular formula is C18H23N2O3S+. The molecule has 0 atom stereocenters. The van der Waals surface area contributed by atoms with Gasteiger partial charge in [0.2, 0.25) is 0 Å². The van der Waals surface area contributed by atoms with Crippen molar-refractivity contribution in [2.45, 2.75) is 0 Å². The molecule has 2 aromatic rings. The second-order valence-corrected chi connectivity index (χ2v) is 7.67. The van der Waals surface area contributed by atoms with E-state index in [0.29, 0.717) is 12.3 Å². The number of hydrogen-bond acceptors (Lipinski definition) is 4. The lowest BCUT2D eigenvalue weighted by Gasteiger charge is -2.33. The first-order chi connectivity index (χ1) is 11.6. The molecule has 1 heterocycles. The van der Waals surface area contributed by atoms with Gasteiger partial charge in [0, 0.05) is 5.69 Å². The molecule has 0 amide bonds. The minimum Gasteiger partial charge on any atom is -0.382 e. The maximum atomic E-state index is 12.1. The van der Waals surface area contributed by atoms with Crippen molar-refractivity contribution < 1.29 is 17.5 Å². The second kappa shape index (κ2) is 7.68. The van der Waals surface area contributed by atoms with E-state index in [-0.39, 0.29) is 5.75 Å². The highest BCUT2D eigenvalue weighted by molar-refractivity contribution is 7.87. The standard InChI is InChI=1S/C18H22N2O3S/c21-24(22,23-18-9-5-2-6-10-18)16-15-19-11-13-20(14-12-19)17-7-3-1-4-8-17/h1-10H,11-16H2/p+1. The number of hydrogen-bond donors (Lipinski definition) is 1. The van der Waals surface area contributed by atoms with Crippen molar-refractivity contribution in [3.05, 3.63) is 60.7 Å². The van der Waals surface area contributed by atoms with Crippen molar-refractivity contribution in [2.24, 2.45) is 0 Å². The van der Waals surface area contributed by atoms with Crippen LogP contribution >= 0.6 is 0 Å². The summed E-state index contributed by atoms with van der Waals surface area (Å²) in [5.41, 5.74) is 1.23. The molecule has 1 saturated heterocycles. The largest absolute Gasteiger partial charge is 0.382 e. The van der Waals surface area contributed by atoms with E-state index in [1.54, 1.807) is 24.3 Å². The Morgan fingerprint density at radius 2 is 1.50 bits per heavy atom. The van der Waals surface area contributed by atoms with E-state index >= 15 is 0 Å². The Labute approximate surface area is 143 Å². The molecule has 5 nitrogen and oxygen atoms in total. The molecule has 1 aliphatic rings. The monoisotopic (exact) mass is 347 g/mol. The number of quaternary nitrogens is 1. The van der Waals surface area contributed by atoms with Gasteiger partial charge in [-0.15, -0.1) is 0 Å². The third kappa shape index (κ3) is 4.72. The first kappa shape index (κ1) is 16.8. The van der Waals surface area contributed by atoms with Crippen LogP contribution in [0.3, 0.4) is 0 Å². The van der Waals surface area contributed by atoms with Gasteiger partial charge in [-0.1, -0.05) is 36.4 Å². The summed E-state index contributed by atoms with van der Waals surface area (Å²) in [6, 6.07) is 19.0. The van der Waals surface area contributed by atoms with E-state index < -0.39 is 10.1 Å². The summed E-state index contributed by atoms with van der Waals surface area (Å²) >= 11 is 0. The molecule has 3 rings (SSSR count). The van der Waals surface area contributed by atoms with E-state index in [4.69, 9.17) is 4.18 Å². The molecular weight excluding hydrogens is 324 g/mol. The van der Waals surface area contributed by atoms with Crippen molar-refractivity contribution in [3.8, 4) is 5.75 Å². The van der Waals surface area contributed by atoms with Crippen LogP contribution in [0.2, 0.25) is 0 Å². The quantitative estimate of drug-likeness (QED) is 0.786. The molecule has 2 aromatic carbocycles. The van der Waals surface area contributed by atoms with Crippen LogP contribution in [0, 0.1) is 0 Å². The topological polar surface area (TPSA) is 51.0 Å². The van der Waals surface area contributed by atoms with Crippen LogP contribution < -0.4 is 14.0 Å². The highest BCUT2D eigenvalue weighted by Gasteiger charge is 2.23. The molecule has 0 spiro atoms.